The number of hydrogen-bond donors (Lipinski definition) is 0. The average Bonchev–Trinajstić information content (AvgIpc) is 2.17. The molecular formula is C7H12N2. The van der Waals surface area contributed by atoms with Gasteiger partial charge >= 0.3 is 0 Å². The Balaban J connectivity index is 2.61. The standard InChI is InChI=1S/C7H12N2/c1-3-4-9-6-7(2)5-8-9/h5-6H,3-4H2,1-2H3. The summed E-state index contributed by atoms with van der Waals surface area (Å²) in [5, 5.41) is 4.12. The minimum Gasteiger partial charge on any atom is -0.273 e. The van der Waals surface area contributed by atoms with Crippen LogP contribution in [0.2, 0.25) is 0 Å². The van der Waals surface area contributed by atoms with Gasteiger partial charge in [-0.1, -0.05) is 6.92 Å². The van der Waals surface area contributed by atoms with E-state index in [9.17, 15) is 0 Å². The fraction of sp³-hybridized carbons (Fsp3) is 0.571. The summed E-state index contributed by atoms with van der Waals surface area (Å²) in [7, 11) is 0. The third kappa shape index (κ3) is 1.56. The molecule has 0 aliphatic carbocycles. The van der Waals surface area contributed by atoms with Gasteiger partial charge in [0.15, 0.2) is 0 Å². The van der Waals surface area contributed by atoms with Crippen molar-refractivity contribution in [2.75, 3.05) is 0 Å². The summed E-state index contributed by atoms with van der Waals surface area (Å²) in [5.41, 5.74) is 1.24. The Bertz CT molecular complexity index is 179. The second kappa shape index (κ2) is 2.67. The molecular weight excluding hydrogens is 112 g/mol. The largest absolute Gasteiger partial charge is 0.273 e. The Morgan fingerprint density at radius 2 is 2.44 bits per heavy atom. The summed E-state index contributed by atoms with van der Waals surface area (Å²) in [4.78, 5) is 0. The molecule has 1 rings (SSSR count). The van der Waals surface area contributed by atoms with Gasteiger partial charge in [0.2, 0.25) is 0 Å². The van der Waals surface area contributed by atoms with Gasteiger partial charge < -0.3 is 0 Å². The lowest BCUT2D eigenvalue weighted by atomic mass is 10.4. The van der Waals surface area contributed by atoms with Gasteiger partial charge in [-0.05, 0) is 18.9 Å². The molecule has 0 aliphatic rings. The molecule has 0 saturated carbocycles. The quantitative estimate of drug-likeness (QED) is 0.585. The first-order valence-electron chi connectivity index (χ1n) is 3.32. The van der Waals surface area contributed by atoms with Crippen LogP contribution in [0.3, 0.4) is 0 Å². The molecule has 1 heterocycles. The van der Waals surface area contributed by atoms with Crippen molar-refractivity contribution < 1.29 is 0 Å². The van der Waals surface area contributed by atoms with Crippen LogP contribution in [-0.2, 0) is 6.54 Å². The van der Waals surface area contributed by atoms with E-state index in [2.05, 4.69) is 25.1 Å². The van der Waals surface area contributed by atoms with Crippen LogP contribution in [0, 0.1) is 6.92 Å². The maximum atomic E-state index is 4.12. The van der Waals surface area contributed by atoms with Gasteiger partial charge in [-0.15, -0.1) is 0 Å². The van der Waals surface area contributed by atoms with E-state index in [1.165, 1.54) is 5.56 Å². The highest BCUT2D eigenvalue weighted by molar-refractivity contribution is 4.99. The topological polar surface area (TPSA) is 17.8 Å². The number of aryl methyl sites for hydroxylation is 2. The Hall–Kier alpha value is -0.790. The van der Waals surface area contributed by atoms with E-state index in [4.69, 9.17) is 0 Å². The minimum atomic E-state index is 1.04. The van der Waals surface area contributed by atoms with E-state index < -0.39 is 0 Å². The van der Waals surface area contributed by atoms with Crippen LogP contribution in [0.25, 0.3) is 0 Å². The van der Waals surface area contributed by atoms with Gasteiger partial charge in [-0.3, -0.25) is 4.68 Å². The van der Waals surface area contributed by atoms with E-state index in [0.717, 1.165) is 13.0 Å². The lowest BCUT2D eigenvalue weighted by molar-refractivity contribution is 0.602. The molecule has 50 valence electrons. The Morgan fingerprint density at radius 3 is 2.89 bits per heavy atom. The van der Waals surface area contributed by atoms with E-state index in [0.29, 0.717) is 0 Å². The van der Waals surface area contributed by atoms with Crippen molar-refractivity contribution in [1.82, 2.24) is 9.78 Å². The molecule has 0 fully saturated rings. The predicted molar refractivity (Wildman–Crippen MR) is 37.3 cm³/mol. The maximum Gasteiger partial charge on any atom is 0.0518 e. The summed E-state index contributed by atoms with van der Waals surface area (Å²) in [6, 6.07) is 0. The first-order valence-corrected chi connectivity index (χ1v) is 3.32. The van der Waals surface area contributed by atoms with Crippen LogP contribution in [0.5, 0.6) is 0 Å². The first kappa shape index (κ1) is 6.33. The molecule has 0 spiro atoms. The Labute approximate surface area is 55.5 Å². The summed E-state index contributed by atoms with van der Waals surface area (Å²) in [6.07, 6.45) is 5.10. The first-order chi connectivity index (χ1) is 4.33. The van der Waals surface area contributed by atoms with E-state index >= 15 is 0 Å². The Kier molecular flexibility index (Phi) is 1.88. The lowest BCUT2D eigenvalue weighted by Crippen LogP contribution is -1.95. The van der Waals surface area contributed by atoms with Crippen LogP contribution in [0.15, 0.2) is 12.4 Å². The number of hydrogen-bond acceptors (Lipinski definition) is 1. The molecule has 0 unspecified atom stereocenters. The molecule has 1 aromatic heterocycles. The molecule has 9 heavy (non-hydrogen) atoms. The molecule has 0 amide bonds. The van der Waals surface area contributed by atoms with Crippen molar-refractivity contribution in [2.24, 2.45) is 0 Å². The molecule has 2 nitrogen and oxygen atoms in total. The highest BCUT2D eigenvalue weighted by Crippen LogP contribution is 1.94. The molecule has 2 heteroatoms. The van der Waals surface area contributed by atoms with Crippen LogP contribution in [0.4, 0.5) is 0 Å². The van der Waals surface area contributed by atoms with Gasteiger partial charge in [-0.25, -0.2) is 0 Å². The van der Waals surface area contributed by atoms with E-state index in [1.807, 2.05) is 10.9 Å². The van der Waals surface area contributed by atoms with Crippen LogP contribution >= 0.6 is 0 Å². The fourth-order valence-corrected chi connectivity index (χ4v) is 0.818. The SMILES string of the molecule is CCCn1cc(C)cn1. The summed E-state index contributed by atoms with van der Waals surface area (Å²) in [5.74, 6) is 0. The van der Waals surface area contributed by atoms with Crippen LogP contribution in [0.1, 0.15) is 18.9 Å². The molecule has 1 aromatic rings. The zero-order valence-electron chi connectivity index (χ0n) is 5.96. The predicted octanol–water partition coefficient (Wildman–Crippen LogP) is 1.60. The molecule has 0 atom stereocenters. The van der Waals surface area contributed by atoms with Gasteiger partial charge in [-0.2, -0.15) is 5.10 Å². The molecule has 0 N–H and O–H groups in total. The highest BCUT2D eigenvalue weighted by Gasteiger charge is 1.88. The monoisotopic (exact) mass is 124 g/mol. The van der Waals surface area contributed by atoms with E-state index in [1.54, 1.807) is 0 Å². The zero-order chi connectivity index (χ0) is 6.69. The van der Waals surface area contributed by atoms with Gasteiger partial charge in [0, 0.05) is 12.7 Å². The highest BCUT2D eigenvalue weighted by atomic mass is 15.3. The maximum absolute atomic E-state index is 4.12. The van der Waals surface area contributed by atoms with Crippen molar-refractivity contribution in [2.45, 2.75) is 26.8 Å². The van der Waals surface area contributed by atoms with Crippen molar-refractivity contribution in [3.8, 4) is 0 Å². The average molecular weight is 124 g/mol. The summed E-state index contributed by atoms with van der Waals surface area (Å²) < 4.78 is 1.97. The minimum absolute atomic E-state index is 1.04. The van der Waals surface area contributed by atoms with Crippen molar-refractivity contribution in [3.63, 3.8) is 0 Å². The molecule has 0 radical (unpaired) electrons. The lowest BCUT2D eigenvalue weighted by Gasteiger charge is -1.93. The zero-order valence-corrected chi connectivity index (χ0v) is 5.96. The van der Waals surface area contributed by atoms with Crippen LogP contribution in [-0.4, -0.2) is 9.78 Å². The summed E-state index contributed by atoms with van der Waals surface area (Å²) >= 11 is 0. The molecule has 0 aromatic carbocycles. The van der Waals surface area contributed by atoms with E-state index in [-0.39, 0.29) is 0 Å². The van der Waals surface area contributed by atoms with Gasteiger partial charge in [0.1, 0.15) is 0 Å². The molecule has 0 saturated heterocycles. The fourth-order valence-electron chi connectivity index (χ4n) is 0.818. The van der Waals surface area contributed by atoms with Gasteiger partial charge in [0.05, 0.1) is 6.20 Å². The van der Waals surface area contributed by atoms with Crippen molar-refractivity contribution in [3.05, 3.63) is 18.0 Å². The molecule has 0 aliphatic heterocycles. The summed E-state index contributed by atoms with van der Waals surface area (Å²) in [6.45, 7) is 5.24. The second-order valence-corrected chi connectivity index (χ2v) is 2.28. The Morgan fingerprint density at radius 1 is 1.67 bits per heavy atom. The van der Waals surface area contributed by atoms with Crippen molar-refractivity contribution in [1.29, 1.82) is 0 Å². The number of rotatable bonds is 2. The van der Waals surface area contributed by atoms with Crippen molar-refractivity contribution >= 4 is 0 Å². The van der Waals surface area contributed by atoms with Crippen LogP contribution < -0.4 is 0 Å². The molecule has 0 bridgehead atoms. The second-order valence-electron chi connectivity index (χ2n) is 2.28. The van der Waals surface area contributed by atoms with Gasteiger partial charge in [0.25, 0.3) is 0 Å². The third-order valence-corrected chi connectivity index (χ3v) is 1.22. The number of nitrogens with zero attached hydrogens (tertiary/aromatic N) is 2. The number of aromatic nitrogens is 2. The smallest absolute Gasteiger partial charge is 0.0518 e. The normalized spacial score (nSPS) is 10.0. The third-order valence-electron chi connectivity index (χ3n) is 1.22.